The highest BCUT2D eigenvalue weighted by atomic mass is 16.6. The number of nitrogens with one attached hydrogen (secondary N) is 1. The lowest BCUT2D eigenvalue weighted by atomic mass is 9.24. The summed E-state index contributed by atoms with van der Waals surface area (Å²) in [7, 11) is 0. The molecule has 7 atom stereocenters. The highest BCUT2D eigenvalue weighted by Crippen LogP contribution is 2.81. The number of nitrogens with zero attached hydrogens (tertiary/aromatic N) is 1. The van der Waals surface area contributed by atoms with E-state index in [0.717, 1.165) is 38.5 Å². The molecule has 0 aromatic rings. The number of hydrogen-bond acceptors (Lipinski definition) is 5. The fraction of sp³-hybridized carbons (Fsp3) is 0.875. The maximum absolute atomic E-state index is 13.7. The molecule has 0 heterocycles. The van der Waals surface area contributed by atoms with E-state index in [9.17, 15) is 20.0 Å². The molecule has 5 unspecified atom stereocenters. The molecule has 7 rings (SSSR count). The third-order valence-corrected chi connectivity index (χ3v) is 9.19. The van der Waals surface area contributed by atoms with Gasteiger partial charge in [0, 0.05) is 11.3 Å². The molecule has 164 valence electrons. The van der Waals surface area contributed by atoms with Gasteiger partial charge in [-0.1, -0.05) is 6.42 Å². The van der Waals surface area contributed by atoms with Crippen molar-refractivity contribution in [1.82, 2.24) is 5.32 Å². The third kappa shape index (κ3) is 2.63. The number of ether oxygens (including phenoxy) is 1. The summed E-state index contributed by atoms with van der Waals surface area (Å²) in [5, 5.41) is 24.0. The summed E-state index contributed by atoms with van der Waals surface area (Å²) in [4.78, 5) is 26.4. The lowest BCUT2D eigenvalue weighted by molar-refractivity contribution is -0.373. The highest BCUT2D eigenvalue weighted by Gasteiger charge is 2.81. The molecule has 7 aliphatic rings. The SMILES string of the molecule is CC(C)(C)OC(=O)NC(C(=O)C1CCC[C@H]1C#N)[C@H]1CC2(O)CC3CC4CC(C3)C412. The van der Waals surface area contributed by atoms with Crippen LogP contribution in [0.2, 0.25) is 0 Å². The number of nitriles is 1. The molecular formula is C24H34N2O4. The summed E-state index contributed by atoms with van der Waals surface area (Å²) >= 11 is 0. The van der Waals surface area contributed by atoms with Gasteiger partial charge >= 0.3 is 6.09 Å². The third-order valence-electron chi connectivity index (χ3n) is 9.19. The Hall–Kier alpha value is -1.61. The molecule has 6 nitrogen and oxygen atoms in total. The van der Waals surface area contributed by atoms with Gasteiger partial charge in [-0.05, 0) is 89.4 Å². The van der Waals surface area contributed by atoms with Crippen LogP contribution < -0.4 is 5.32 Å². The van der Waals surface area contributed by atoms with Gasteiger partial charge in [0.15, 0.2) is 5.78 Å². The standard InChI is InChI=1S/C24H34N2O4/c1-22(2,3)30-21(28)26-19(20(27)17-6-4-5-14(17)12-25)18-11-23(29)10-13-7-15-9-16(8-13)24(15,18)23/h13-19,29H,4-11H2,1-3H3,(H,26,28)/t13?,14-,15?,16?,17?,18+,19?,23?,24?/m0/s1. The van der Waals surface area contributed by atoms with E-state index < -0.39 is 23.3 Å². The molecule has 0 aromatic heterocycles. The van der Waals surface area contributed by atoms with Gasteiger partial charge in [-0.25, -0.2) is 4.79 Å². The molecule has 2 N–H and O–H groups in total. The van der Waals surface area contributed by atoms with Crippen molar-refractivity contribution in [2.24, 2.45) is 40.9 Å². The summed E-state index contributed by atoms with van der Waals surface area (Å²) in [5.74, 6) is 0.887. The lowest BCUT2D eigenvalue weighted by Gasteiger charge is -2.81. The number of Topliss-reactive ketones (excluding diaryl/α,β-unsaturated/α-hetero) is 1. The molecule has 0 saturated heterocycles. The molecule has 1 amide bonds. The van der Waals surface area contributed by atoms with E-state index in [2.05, 4.69) is 11.4 Å². The number of aliphatic hydroxyl groups is 1. The average Bonchev–Trinajstić information content (AvgIpc) is 3.10. The summed E-state index contributed by atoms with van der Waals surface area (Å²) in [5.41, 5.74) is -1.55. The Morgan fingerprint density at radius 1 is 1.17 bits per heavy atom. The predicted octanol–water partition coefficient (Wildman–Crippen LogP) is 3.58. The van der Waals surface area contributed by atoms with E-state index in [4.69, 9.17) is 4.74 Å². The van der Waals surface area contributed by atoms with Crippen molar-refractivity contribution in [2.45, 2.75) is 89.4 Å². The number of amides is 1. The first-order valence-corrected chi connectivity index (χ1v) is 11.7. The van der Waals surface area contributed by atoms with E-state index in [1.165, 1.54) is 0 Å². The molecule has 0 aliphatic heterocycles. The van der Waals surface area contributed by atoms with Crippen molar-refractivity contribution in [3.8, 4) is 6.07 Å². The average molecular weight is 415 g/mol. The minimum atomic E-state index is -0.676. The Kier molecular flexibility index (Phi) is 4.36. The van der Waals surface area contributed by atoms with E-state index in [0.29, 0.717) is 30.6 Å². The van der Waals surface area contributed by atoms with Crippen molar-refractivity contribution in [3.05, 3.63) is 0 Å². The van der Waals surface area contributed by atoms with E-state index in [-0.39, 0.29) is 29.0 Å². The van der Waals surface area contributed by atoms with Gasteiger partial charge in [-0.3, -0.25) is 4.79 Å². The van der Waals surface area contributed by atoms with Crippen molar-refractivity contribution in [2.75, 3.05) is 0 Å². The summed E-state index contributed by atoms with van der Waals surface area (Å²) in [6, 6.07) is 1.65. The second kappa shape index (κ2) is 6.45. The van der Waals surface area contributed by atoms with E-state index in [1.54, 1.807) is 0 Å². The minimum Gasteiger partial charge on any atom is -0.444 e. The van der Waals surface area contributed by atoms with Crippen LogP contribution in [-0.4, -0.2) is 34.2 Å². The number of alkyl carbamates (subject to hydrolysis) is 1. The fourth-order valence-electron chi connectivity index (χ4n) is 8.47. The second-order valence-electron chi connectivity index (χ2n) is 11.7. The molecule has 0 radical (unpaired) electrons. The van der Waals surface area contributed by atoms with Gasteiger partial charge in [-0.15, -0.1) is 0 Å². The zero-order valence-electron chi connectivity index (χ0n) is 18.3. The van der Waals surface area contributed by atoms with Crippen molar-refractivity contribution in [3.63, 3.8) is 0 Å². The monoisotopic (exact) mass is 414 g/mol. The number of rotatable bonds is 4. The van der Waals surface area contributed by atoms with Gasteiger partial charge in [0.25, 0.3) is 0 Å². The van der Waals surface area contributed by atoms with Gasteiger partial charge in [0.05, 0.1) is 23.6 Å². The molecule has 0 aromatic carbocycles. The number of carbonyl (C=O) groups excluding carboxylic acids is 2. The van der Waals surface area contributed by atoms with Gasteiger partial charge in [-0.2, -0.15) is 5.26 Å². The summed E-state index contributed by atoms with van der Waals surface area (Å²) in [6.07, 6.45) is 6.62. The number of ketones is 1. The minimum absolute atomic E-state index is 0.0153. The van der Waals surface area contributed by atoms with Crippen LogP contribution in [0.15, 0.2) is 0 Å². The topological polar surface area (TPSA) is 99.4 Å². The van der Waals surface area contributed by atoms with Crippen LogP contribution in [0.25, 0.3) is 0 Å². The maximum atomic E-state index is 13.7. The van der Waals surface area contributed by atoms with Gasteiger partial charge in [0.1, 0.15) is 5.60 Å². The first kappa shape index (κ1) is 20.3. The smallest absolute Gasteiger partial charge is 0.408 e. The van der Waals surface area contributed by atoms with Gasteiger partial charge < -0.3 is 15.2 Å². The molecule has 1 spiro atoms. The van der Waals surface area contributed by atoms with Gasteiger partial charge in [0.2, 0.25) is 0 Å². The van der Waals surface area contributed by atoms with Crippen LogP contribution in [0, 0.1) is 52.3 Å². The van der Waals surface area contributed by atoms with Crippen LogP contribution in [0.1, 0.15) is 72.1 Å². The van der Waals surface area contributed by atoms with Crippen LogP contribution in [0.5, 0.6) is 0 Å². The van der Waals surface area contributed by atoms with Crippen LogP contribution >= 0.6 is 0 Å². The number of hydrogen-bond donors (Lipinski definition) is 2. The molecule has 4 bridgehead atoms. The molecule has 7 saturated carbocycles. The predicted molar refractivity (Wildman–Crippen MR) is 109 cm³/mol. The quantitative estimate of drug-likeness (QED) is 0.732. The second-order valence-corrected chi connectivity index (χ2v) is 11.7. The summed E-state index contributed by atoms with van der Waals surface area (Å²) < 4.78 is 5.50. The normalized spacial score (nSPS) is 46.6. The maximum Gasteiger partial charge on any atom is 0.408 e. The first-order valence-electron chi connectivity index (χ1n) is 11.7. The fourth-order valence-corrected chi connectivity index (χ4v) is 8.47. The Labute approximate surface area is 178 Å². The molecule has 30 heavy (non-hydrogen) atoms. The first-order chi connectivity index (χ1) is 14.1. The van der Waals surface area contributed by atoms with Crippen LogP contribution in [0.3, 0.4) is 0 Å². The zero-order chi connectivity index (χ0) is 21.5. The molecule has 6 heteroatoms. The zero-order valence-corrected chi connectivity index (χ0v) is 18.3. The van der Waals surface area contributed by atoms with Crippen molar-refractivity contribution < 1.29 is 19.4 Å². The summed E-state index contributed by atoms with van der Waals surface area (Å²) in [6.45, 7) is 5.43. The van der Waals surface area contributed by atoms with Crippen molar-refractivity contribution >= 4 is 11.9 Å². The molecular weight excluding hydrogens is 380 g/mol. The van der Waals surface area contributed by atoms with Crippen LogP contribution in [-0.2, 0) is 9.53 Å². The Bertz CT molecular complexity index is 799. The van der Waals surface area contributed by atoms with E-state index >= 15 is 0 Å². The highest BCUT2D eigenvalue weighted by molar-refractivity contribution is 5.90. The lowest BCUT2D eigenvalue weighted by Crippen LogP contribution is -2.83. The van der Waals surface area contributed by atoms with Crippen molar-refractivity contribution in [1.29, 1.82) is 5.26 Å². The Morgan fingerprint density at radius 3 is 2.47 bits per heavy atom. The Balaban J connectivity index is 1.44. The molecule has 7 aliphatic carbocycles. The van der Waals surface area contributed by atoms with E-state index in [1.807, 2.05) is 20.8 Å². The largest absolute Gasteiger partial charge is 0.444 e. The molecule has 7 fully saturated rings. The Morgan fingerprint density at radius 2 is 1.87 bits per heavy atom. The van der Waals surface area contributed by atoms with Crippen LogP contribution in [0.4, 0.5) is 4.79 Å². The number of carbonyl (C=O) groups is 2.